The van der Waals surface area contributed by atoms with E-state index in [2.05, 4.69) is 0 Å². The van der Waals surface area contributed by atoms with Crippen LogP contribution >= 0.6 is 0 Å². The molecule has 2 aromatic rings. The number of carboxylic acid groups (broad SMARTS) is 1. The summed E-state index contributed by atoms with van der Waals surface area (Å²) in [5.41, 5.74) is 1.70. The van der Waals surface area contributed by atoms with Gasteiger partial charge in [-0.05, 0) is 41.5 Å². The van der Waals surface area contributed by atoms with E-state index in [4.69, 9.17) is 0 Å². The Bertz CT molecular complexity index is 728. The third-order valence-electron chi connectivity index (χ3n) is 3.72. The van der Waals surface area contributed by atoms with Gasteiger partial charge in [0, 0.05) is 24.7 Å². The Hall–Kier alpha value is -2.63. The Labute approximate surface area is 125 Å². The molecule has 0 aromatic heterocycles. The fourth-order valence-electron chi connectivity index (χ4n) is 2.82. The highest BCUT2D eigenvalue weighted by Crippen LogP contribution is 2.35. The van der Waals surface area contributed by atoms with E-state index in [0.29, 0.717) is 16.8 Å². The molecular formula is C16H13F2NO3. The predicted octanol–water partition coefficient (Wildman–Crippen LogP) is 2.69. The Kier molecular flexibility index (Phi) is 3.44. The van der Waals surface area contributed by atoms with Gasteiger partial charge in [0.25, 0.3) is 0 Å². The van der Waals surface area contributed by atoms with Crippen LogP contribution in [0.1, 0.15) is 11.1 Å². The second-order valence-corrected chi connectivity index (χ2v) is 5.28. The largest absolute Gasteiger partial charge is 0.508 e. The zero-order valence-electron chi connectivity index (χ0n) is 11.5. The standard InChI is InChI=1S/C16H13F2NO3/c17-11-3-9(4-12(18)7-11)8-19-14-2-1-13(20)5-10(14)6-15(19)16(21)22/h1-5,7,15,20H,6,8H2,(H,21,22). The van der Waals surface area contributed by atoms with Gasteiger partial charge in [-0.1, -0.05) is 0 Å². The van der Waals surface area contributed by atoms with Crippen LogP contribution in [0.25, 0.3) is 0 Å². The minimum Gasteiger partial charge on any atom is -0.508 e. The molecule has 1 atom stereocenters. The SMILES string of the molecule is O=C(O)C1Cc2cc(O)ccc2N1Cc1cc(F)cc(F)c1. The van der Waals surface area contributed by atoms with Crippen LogP contribution in [0.5, 0.6) is 5.75 Å². The Morgan fingerprint density at radius 1 is 1.18 bits per heavy atom. The molecule has 1 aliphatic rings. The van der Waals surface area contributed by atoms with Gasteiger partial charge in [-0.25, -0.2) is 13.6 Å². The average Bonchev–Trinajstić information content (AvgIpc) is 2.75. The number of fused-ring (bicyclic) bond motifs is 1. The lowest BCUT2D eigenvalue weighted by Gasteiger charge is -2.25. The first-order valence-corrected chi connectivity index (χ1v) is 6.70. The molecule has 1 heterocycles. The van der Waals surface area contributed by atoms with Crippen molar-refractivity contribution in [2.45, 2.75) is 19.0 Å². The lowest BCUT2D eigenvalue weighted by molar-refractivity contribution is -0.138. The molecule has 1 unspecified atom stereocenters. The van der Waals surface area contributed by atoms with Gasteiger partial charge in [0.05, 0.1) is 0 Å². The maximum atomic E-state index is 13.3. The van der Waals surface area contributed by atoms with Crippen molar-refractivity contribution < 1.29 is 23.8 Å². The molecule has 0 saturated carbocycles. The number of carbonyl (C=O) groups is 1. The molecular weight excluding hydrogens is 292 g/mol. The van der Waals surface area contributed by atoms with E-state index >= 15 is 0 Å². The normalized spacial score (nSPS) is 16.6. The number of hydrogen-bond acceptors (Lipinski definition) is 3. The second-order valence-electron chi connectivity index (χ2n) is 5.28. The number of halogens is 2. The molecule has 0 aliphatic carbocycles. The number of anilines is 1. The summed E-state index contributed by atoms with van der Waals surface area (Å²) in [5.74, 6) is -2.37. The third kappa shape index (κ3) is 2.59. The molecule has 0 amide bonds. The number of rotatable bonds is 3. The van der Waals surface area contributed by atoms with Gasteiger partial charge in [0.15, 0.2) is 0 Å². The van der Waals surface area contributed by atoms with Gasteiger partial charge >= 0.3 is 5.97 Å². The topological polar surface area (TPSA) is 60.8 Å². The van der Waals surface area contributed by atoms with E-state index in [9.17, 15) is 23.8 Å². The van der Waals surface area contributed by atoms with Crippen molar-refractivity contribution in [3.05, 3.63) is 59.2 Å². The lowest BCUT2D eigenvalue weighted by atomic mass is 10.1. The number of phenols is 1. The van der Waals surface area contributed by atoms with Crippen molar-refractivity contribution >= 4 is 11.7 Å². The first-order valence-electron chi connectivity index (χ1n) is 6.70. The van der Waals surface area contributed by atoms with E-state index in [1.165, 1.54) is 24.3 Å². The number of phenolic OH excluding ortho intramolecular Hbond substituents is 1. The third-order valence-corrected chi connectivity index (χ3v) is 3.72. The number of benzene rings is 2. The number of aromatic hydroxyl groups is 1. The number of carboxylic acids is 1. The fraction of sp³-hybridized carbons (Fsp3) is 0.188. The number of hydrogen-bond donors (Lipinski definition) is 2. The highest BCUT2D eigenvalue weighted by Gasteiger charge is 2.34. The first-order chi connectivity index (χ1) is 10.4. The Balaban J connectivity index is 1.98. The molecule has 0 radical (unpaired) electrons. The number of aliphatic carboxylic acids is 1. The molecule has 0 spiro atoms. The Morgan fingerprint density at radius 3 is 2.50 bits per heavy atom. The maximum absolute atomic E-state index is 13.3. The molecule has 4 nitrogen and oxygen atoms in total. The van der Waals surface area contributed by atoms with Crippen molar-refractivity contribution in [1.29, 1.82) is 0 Å². The quantitative estimate of drug-likeness (QED) is 0.915. The maximum Gasteiger partial charge on any atom is 0.326 e. The minimum absolute atomic E-state index is 0.0570. The first kappa shape index (κ1) is 14.3. The van der Waals surface area contributed by atoms with E-state index in [0.717, 1.165) is 6.07 Å². The smallest absolute Gasteiger partial charge is 0.326 e. The summed E-state index contributed by atoms with van der Waals surface area (Å²) in [6.07, 6.45) is 0.233. The summed E-state index contributed by atoms with van der Waals surface area (Å²) in [6.45, 7) is 0.0728. The van der Waals surface area contributed by atoms with Crippen LogP contribution in [0.3, 0.4) is 0 Å². The van der Waals surface area contributed by atoms with Crippen LogP contribution in [0.2, 0.25) is 0 Å². The minimum atomic E-state index is -1.02. The molecule has 1 aliphatic heterocycles. The van der Waals surface area contributed by atoms with E-state index in [1.54, 1.807) is 11.0 Å². The summed E-state index contributed by atoms with van der Waals surface area (Å²) in [7, 11) is 0. The molecule has 3 rings (SSSR count). The van der Waals surface area contributed by atoms with Gasteiger partial charge < -0.3 is 15.1 Å². The summed E-state index contributed by atoms with van der Waals surface area (Å²) >= 11 is 0. The molecule has 2 aromatic carbocycles. The van der Waals surface area contributed by atoms with Gasteiger partial charge in [-0.2, -0.15) is 0 Å². The molecule has 0 fully saturated rings. The van der Waals surface area contributed by atoms with Crippen LogP contribution in [0.4, 0.5) is 14.5 Å². The summed E-state index contributed by atoms with van der Waals surface area (Å²) in [6, 6.07) is 6.89. The zero-order chi connectivity index (χ0) is 15.9. The fourth-order valence-corrected chi connectivity index (χ4v) is 2.82. The van der Waals surface area contributed by atoms with Crippen LogP contribution in [0.15, 0.2) is 36.4 Å². The van der Waals surface area contributed by atoms with Gasteiger partial charge in [0.1, 0.15) is 23.4 Å². The van der Waals surface area contributed by atoms with Crippen molar-refractivity contribution in [1.82, 2.24) is 0 Å². The summed E-state index contributed by atoms with van der Waals surface area (Å²) in [5, 5.41) is 18.9. The van der Waals surface area contributed by atoms with Crippen molar-refractivity contribution in [3.63, 3.8) is 0 Å². The van der Waals surface area contributed by atoms with Gasteiger partial charge in [0.2, 0.25) is 0 Å². The highest BCUT2D eigenvalue weighted by molar-refractivity contribution is 5.82. The molecule has 114 valence electrons. The summed E-state index contributed by atoms with van der Waals surface area (Å²) < 4.78 is 26.6. The average molecular weight is 305 g/mol. The van der Waals surface area contributed by atoms with E-state index in [1.807, 2.05) is 0 Å². The summed E-state index contributed by atoms with van der Waals surface area (Å²) in [4.78, 5) is 13.0. The monoisotopic (exact) mass is 305 g/mol. The lowest BCUT2D eigenvalue weighted by Crippen LogP contribution is -2.38. The molecule has 22 heavy (non-hydrogen) atoms. The van der Waals surface area contributed by atoms with Crippen LogP contribution in [-0.2, 0) is 17.8 Å². The predicted molar refractivity (Wildman–Crippen MR) is 75.8 cm³/mol. The van der Waals surface area contributed by atoms with Crippen molar-refractivity contribution in [2.24, 2.45) is 0 Å². The zero-order valence-corrected chi connectivity index (χ0v) is 11.5. The number of nitrogens with zero attached hydrogens (tertiary/aromatic N) is 1. The van der Waals surface area contributed by atoms with Gasteiger partial charge in [-0.3, -0.25) is 0 Å². The molecule has 6 heteroatoms. The Morgan fingerprint density at radius 2 is 1.86 bits per heavy atom. The van der Waals surface area contributed by atoms with Gasteiger partial charge in [-0.15, -0.1) is 0 Å². The second kappa shape index (κ2) is 5.29. The van der Waals surface area contributed by atoms with E-state index in [-0.39, 0.29) is 18.7 Å². The van der Waals surface area contributed by atoms with Crippen LogP contribution < -0.4 is 4.90 Å². The molecule has 0 bridgehead atoms. The highest BCUT2D eigenvalue weighted by atomic mass is 19.1. The van der Waals surface area contributed by atoms with Crippen molar-refractivity contribution in [2.75, 3.05) is 4.90 Å². The van der Waals surface area contributed by atoms with Crippen LogP contribution in [0, 0.1) is 11.6 Å². The molecule has 0 saturated heterocycles. The van der Waals surface area contributed by atoms with Crippen molar-refractivity contribution in [3.8, 4) is 5.75 Å². The van der Waals surface area contributed by atoms with E-state index < -0.39 is 23.6 Å². The van der Waals surface area contributed by atoms with Crippen LogP contribution in [-0.4, -0.2) is 22.2 Å². The molecule has 2 N–H and O–H groups in total.